The van der Waals surface area contributed by atoms with Crippen LogP contribution >= 0.6 is 0 Å². The van der Waals surface area contributed by atoms with E-state index in [1.165, 1.54) is 12.1 Å². The van der Waals surface area contributed by atoms with Gasteiger partial charge in [0.05, 0.1) is 5.56 Å². The van der Waals surface area contributed by atoms with E-state index in [0.29, 0.717) is 17.5 Å². The number of carboxylic acids is 1. The Labute approximate surface area is 204 Å². The zero-order valence-electron chi connectivity index (χ0n) is 20.6. The SMILES string of the molecule is CN1CCN(CC2C(=O)c3c(n(Cc4ccc(C(=O)O)cc4)c4ccc(F)cc34)CC2(C)C)CC1. The van der Waals surface area contributed by atoms with Crippen LogP contribution in [0.3, 0.4) is 0 Å². The van der Waals surface area contributed by atoms with Gasteiger partial charge in [-0.2, -0.15) is 0 Å². The number of likely N-dealkylation sites (N-methyl/N-ethyl adjacent to an activating group) is 1. The number of rotatable bonds is 5. The summed E-state index contributed by atoms with van der Waals surface area (Å²) in [6.45, 7) is 9.44. The van der Waals surface area contributed by atoms with Gasteiger partial charge in [-0.05, 0) is 54.8 Å². The van der Waals surface area contributed by atoms with Gasteiger partial charge in [0.25, 0.3) is 0 Å². The summed E-state index contributed by atoms with van der Waals surface area (Å²) in [5, 5.41) is 9.89. The monoisotopic (exact) mass is 477 g/mol. The fourth-order valence-corrected chi connectivity index (χ4v) is 5.66. The second kappa shape index (κ2) is 8.88. The van der Waals surface area contributed by atoms with E-state index in [1.807, 2.05) is 0 Å². The predicted octanol–water partition coefficient (Wildman–Crippen LogP) is 4.16. The Balaban J connectivity index is 1.55. The molecule has 5 rings (SSSR count). The lowest BCUT2D eigenvalue weighted by molar-refractivity contribution is 0.0591. The largest absolute Gasteiger partial charge is 0.478 e. The lowest BCUT2D eigenvalue weighted by Gasteiger charge is -2.42. The molecule has 35 heavy (non-hydrogen) atoms. The van der Waals surface area contributed by atoms with Crippen LogP contribution in [-0.2, 0) is 13.0 Å². The average molecular weight is 478 g/mol. The molecule has 1 fully saturated rings. The highest BCUT2D eigenvalue weighted by Crippen LogP contribution is 2.44. The number of carbonyl (C=O) groups excluding carboxylic acids is 1. The molecule has 0 radical (unpaired) electrons. The van der Waals surface area contributed by atoms with Crippen LogP contribution in [-0.4, -0.2) is 71.0 Å². The Morgan fingerprint density at radius 1 is 1.09 bits per heavy atom. The zero-order valence-corrected chi connectivity index (χ0v) is 20.6. The lowest BCUT2D eigenvalue weighted by Crippen LogP contribution is -2.51. The summed E-state index contributed by atoms with van der Waals surface area (Å²) in [4.78, 5) is 30.0. The Morgan fingerprint density at radius 3 is 2.43 bits per heavy atom. The molecule has 184 valence electrons. The number of piperazine rings is 1. The summed E-state index contributed by atoms with van der Waals surface area (Å²) in [6.07, 6.45) is 0.718. The van der Waals surface area contributed by atoms with Gasteiger partial charge in [0.2, 0.25) is 0 Å². The van der Waals surface area contributed by atoms with Crippen molar-refractivity contribution in [2.45, 2.75) is 26.8 Å². The Morgan fingerprint density at radius 2 is 1.77 bits per heavy atom. The minimum Gasteiger partial charge on any atom is -0.478 e. The Bertz CT molecular complexity index is 1290. The first-order valence-corrected chi connectivity index (χ1v) is 12.2. The number of fused-ring (bicyclic) bond motifs is 3. The van der Waals surface area contributed by atoms with Crippen molar-refractivity contribution < 1.29 is 19.1 Å². The van der Waals surface area contributed by atoms with E-state index in [2.05, 4.69) is 35.3 Å². The number of benzene rings is 2. The molecule has 6 nitrogen and oxygen atoms in total. The van der Waals surface area contributed by atoms with Crippen LogP contribution in [0, 0.1) is 17.2 Å². The molecule has 1 aliphatic heterocycles. The Hall–Kier alpha value is -3.03. The van der Waals surface area contributed by atoms with Gasteiger partial charge >= 0.3 is 5.97 Å². The summed E-state index contributed by atoms with van der Waals surface area (Å²) in [7, 11) is 2.12. The molecule has 0 saturated carbocycles. The fourth-order valence-electron chi connectivity index (χ4n) is 5.66. The number of hydrogen-bond acceptors (Lipinski definition) is 4. The molecular weight excluding hydrogens is 445 g/mol. The average Bonchev–Trinajstić information content (AvgIpc) is 3.09. The van der Waals surface area contributed by atoms with Gasteiger partial charge in [-0.3, -0.25) is 4.79 Å². The number of ketones is 1. The van der Waals surface area contributed by atoms with Crippen molar-refractivity contribution in [2.24, 2.45) is 11.3 Å². The number of aromatic carboxylic acids is 1. The third-order valence-corrected chi connectivity index (χ3v) is 7.84. The van der Waals surface area contributed by atoms with Crippen LogP contribution in [0.15, 0.2) is 42.5 Å². The normalized spacial score (nSPS) is 20.8. The van der Waals surface area contributed by atoms with E-state index in [-0.39, 0.29) is 28.5 Å². The highest BCUT2D eigenvalue weighted by atomic mass is 19.1. The van der Waals surface area contributed by atoms with Crippen LogP contribution < -0.4 is 0 Å². The van der Waals surface area contributed by atoms with Crippen molar-refractivity contribution in [1.82, 2.24) is 14.4 Å². The summed E-state index contributed by atoms with van der Waals surface area (Å²) in [5.41, 5.74) is 3.36. The smallest absolute Gasteiger partial charge is 0.335 e. The minimum absolute atomic E-state index is 0.103. The second-order valence-electron chi connectivity index (χ2n) is 10.8. The van der Waals surface area contributed by atoms with Crippen molar-refractivity contribution >= 4 is 22.7 Å². The van der Waals surface area contributed by atoms with Gasteiger partial charge in [0.1, 0.15) is 5.82 Å². The molecule has 1 atom stereocenters. The summed E-state index contributed by atoms with van der Waals surface area (Å²) in [5.74, 6) is -1.37. The first-order chi connectivity index (χ1) is 16.6. The number of nitrogens with zero attached hydrogens (tertiary/aromatic N) is 3. The lowest BCUT2D eigenvalue weighted by atomic mass is 9.67. The van der Waals surface area contributed by atoms with Crippen LogP contribution in [0.2, 0.25) is 0 Å². The van der Waals surface area contributed by atoms with E-state index in [0.717, 1.165) is 55.9 Å². The first-order valence-electron chi connectivity index (χ1n) is 12.2. The summed E-state index contributed by atoms with van der Waals surface area (Å²) in [6, 6.07) is 11.5. The summed E-state index contributed by atoms with van der Waals surface area (Å²) >= 11 is 0. The topological polar surface area (TPSA) is 65.8 Å². The van der Waals surface area contributed by atoms with Crippen LogP contribution in [0.1, 0.15) is 45.8 Å². The van der Waals surface area contributed by atoms with Gasteiger partial charge in [-0.15, -0.1) is 0 Å². The molecule has 0 bridgehead atoms. The third kappa shape index (κ3) is 4.39. The Kier molecular flexibility index (Phi) is 6.01. The van der Waals surface area contributed by atoms with Gasteiger partial charge in [-0.1, -0.05) is 26.0 Å². The molecular formula is C28H32FN3O3. The van der Waals surface area contributed by atoms with Gasteiger partial charge < -0.3 is 19.5 Å². The molecule has 7 heteroatoms. The minimum atomic E-state index is -0.963. The predicted molar refractivity (Wildman–Crippen MR) is 134 cm³/mol. The highest BCUT2D eigenvalue weighted by molar-refractivity contribution is 6.11. The van der Waals surface area contributed by atoms with Crippen LogP contribution in [0.5, 0.6) is 0 Å². The van der Waals surface area contributed by atoms with Crippen molar-refractivity contribution in [2.75, 3.05) is 39.8 Å². The van der Waals surface area contributed by atoms with Gasteiger partial charge in [0.15, 0.2) is 5.78 Å². The second-order valence-corrected chi connectivity index (χ2v) is 10.8. The van der Waals surface area contributed by atoms with Crippen molar-refractivity contribution in [3.05, 3.63) is 70.7 Å². The van der Waals surface area contributed by atoms with Crippen LogP contribution in [0.4, 0.5) is 4.39 Å². The van der Waals surface area contributed by atoms with E-state index in [9.17, 15) is 19.1 Å². The molecule has 2 aromatic carbocycles. The van der Waals surface area contributed by atoms with E-state index in [1.54, 1.807) is 30.3 Å². The highest BCUT2D eigenvalue weighted by Gasteiger charge is 2.44. The number of hydrogen-bond donors (Lipinski definition) is 1. The fraction of sp³-hybridized carbons (Fsp3) is 0.429. The molecule has 0 spiro atoms. The van der Waals surface area contributed by atoms with E-state index in [4.69, 9.17) is 0 Å². The number of aromatic nitrogens is 1. The molecule has 1 unspecified atom stereocenters. The van der Waals surface area contributed by atoms with Crippen LogP contribution in [0.25, 0.3) is 10.9 Å². The van der Waals surface area contributed by atoms with Gasteiger partial charge in [-0.25, -0.2) is 9.18 Å². The number of halogens is 1. The van der Waals surface area contributed by atoms with Crippen molar-refractivity contribution in [3.8, 4) is 0 Å². The molecule has 1 aliphatic carbocycles. The van der Waals surface area contributed by atoms with Gasteiger partial charge in [0, 0.05) is 67.3 Å². The molecule has 2 aliphatic rings. The molecule has 1 aromatic heterocycles. The standard InChI is InChI=1S/C28H32FN3O3/c1-28(2)15-24-25(26(33)22(28)17-31-12-10-30(3)11-13-31)21-14-20(29)8-9-23(21)32(24)16-18-4-6-19(7-5-18)27(34)35/h4-9,14,22H,10-13,15-17H2,1-3H3,(H,34,35). The quantitative estimate of drug-likeness (QED) is 0.598. The number of carboxylic acid groups (broad SMARTS) is 1. The maximum absolute atomic E-state index is 14.4. The molecule has 1 saturated heterocycles. The zero-order chi connectivity index (χ0) is 24.9. The molecule has 3 aromatic rings. The first kappa shape index (κ1) is 23.7. The molecule has 0 amide bonds. The van der Waals surface area contributed by atoms with Crippen molar-refractivity contribution in [1.29, 1.82) is 0 Å². The number of Topliss-reactive ketones (excluding diaryl/α,β-unsaturated/α-hetero) is 1. The maximum Gasteiger partial charge on any atom is 0.335 e. The molecule has 1 N–H and O–H groups in total. The van der Waals surface area contributed by atoms with Crippen molar-refractivity contribution in [3.63, 3.8) is 0 Å². The maximum atomic E-state index is 14.4. The van der Waals surface area contributed by atoms with E-state index < -0.39 is 5.97 Å². The molecule has 2 heterocycles. The summed E-state index contributed by atoms with van der Waals surface area (Å²) < 4.78 is 16.5. The third-order valence-electron chi connectivity index (χ3n) is 7.84. The number of carbonyl (C=O) groups is 2. The van der Waals surface area contributed by atoms with E-state index >= 15 is 0 Å².